The second-order valence-corrected chi connectivity index (χ2v) is 9.24. The first-order valence-electron chi connectivity index (χ1n) is 9.44. The lowest BCUT2D eigenvalue weighted by Crippen LogP contribution is -2.45. The SMILES string of the molecule is CC(C)(C)c1cc([C@H](CCF)N2CCNCC2)c(O)c(C(C)(C)C)c1.Cl. The molecule has 1 saturated heterocycles. The molecule has 0 saturated carbocycles. The Hall–Kier alpha value is -0.840. The second-order valence-electron chi connectivity index (χ2n) is 9.24. The molecule has 1 atom stereocenters. The lowest BCUT2D eigenvalue weighted by molar-refractivity contribution is 0.154. The Bertz CT molecular complexity index is 587. The van der Waals surface area contributed by atoms with Gasteiger partial charge < -0.3 is 10.4 Å². The summed E-state index contributed by atoms with van der Waals surface area (Å²) in [6.07, 6.45) is 0.421. The highest BCUT2D eigenvalue weighted by molar-refractivity contribution is 5.85. The monoisotopic (exact) mass is 386 g/mol. The first-order valence-corrected chi connectivity index (χ1v) is 9.44. The molecule has 1 aliphatic heterocycles. The fourth-order valence-electron chi connectivity index (χ4n) is 3.55. The van der Waals surface area contributed by atoms with E-state index in [1.54, 1.807) is 0 Å². The van der Waals surface area contributed by atoms with Crippen LogP contribution in [0.3, 0.4) is 0 Å². The maximum atomic E-state index is 13.4. The topological polar surface area (TPSA) is 35.5 Å². The van der Waals surface area contributed by atoms with Gasteiger partial charge in [0.2, 0.25) is 0 Å². The molecule has 0 bridgehead atoms. The summed E-state index contributed by atoms with van der Waals surface area (Å²) in [6, 6.07) is 4.16. The second kappa shape index (κ2) is 8.90. The molecule has 150 valence electrons. The van der Waals surface area contributed by atoms with Gasteiger partial charge in [0.05, 0.1) is 6.67 Å². The number of hydrogen-bond donors (Lipinski definition) is 2. The number of aromatic hydroxyl groups is 1. The Morgan fingerprint density at radius 3 is 2.12 bits per heavy atom. The molecular weight excluding hydrogens is 351 g/mol. The third-order valence-corrected chi connectivity index (χ3v) is 5.15. The van der Waals surface area contributed by atoms with Gasteiger partial charge in [0.15, 0.2) is 0 Å². The van der Waals surface area contributed by atoms with Gasteiger partial charge in [0.1, 0.15) is 5.75 Å². The smallest absolute Gasteiger partial charge is 0.124 e. The average Bonchev–Trinajstić information content (AvgIpc) is 2.52. The zero-order valence-electron chi connectivity index (χ0n) is 17.2. The summed E-state index contributed by atoms with van der Waals surface area (Å²) in [6.45, 7) is 16.1. The maximum Gasteiger partial charge on any atom is 0.124 e. The van der Waals surface area contributed by atoms with Crippen LogP contribution in [0, 0.1) is 0 Å². The molecular formula is C21H36ClFN2O. The average molecular weight is 387 g/mol. The zero-order chi connectivity index (χ0) is 18.8. The van der Waals surface area contributed by atoms with Gasteiger partial charge in [-0.15, -0.1) is 12.4 Å². The zero-order valence-corrected chi connectivity index (χ0v) is 18.0. The number of phenols is 1. The lowest BCUT2D eigenvalue weighted by atomic mass is 9.77. The Balaban J connectivity index is 0.00000338. The van der Waals surface area contributed by atoms with Gasteiger partial charge in [-0.1, -0.05) is 47.6 Å². The molecule has 3 nitrogen and oxygen atoms in total. The Kier molecular flexibility index (Phi) is 7.94. The molecule has 0 radical (unpaired) electrons. The molecule has 0 unspecified atom stereocenters. The molecule has 1 aromatic rings. The van der Waals surface area contributed by atoms with Gasteiger partial charge in [-0.2, -0.15) is 0 Å². The number of alkyl halides is 1. The first kappa shape index (κ1) is 23.2. The molecule has 26 heavy (non-hydrogen) atoms. The van der Waals surface area contributed by atoms with Crippen LogP contribution in [0.1, 0.15) is 70.7 Å². The van der Waals surface area contributed by atoms with Crippen molar-refractivity contribution < 1.29 is 9.50 Å². The molecule has 1 aromatic carbocycles. The number of rotatable bonds is 4. The van der Waals surface area contributed by atoms with Crippen molar-refractivity contribution in [2.75, 3.05) is 32.9 Å². The molecule has 0 aliphatic carbocycles. The van der Waals surface area contributed by atoms with E-state index < -0.39 is 0 Å². The normalized spacial score (nSPS) is 17.7. The highest BCUT2D eigenvalue weighted by Crippen LogP contribution is 2.42. The number of nitrogens with zero attached hydrogens (tertiary/aromatic N) is 1. The summed E-state index contributed by atoms with van der Waals surface area (Å²) in [5.41, 5.74) is 2.85. The molecule has 5 heteroatoms. The summed E-state index contributed by atoms with van der Waals surface area (Å²) < 4.78 is 13.4. The van der Waals surface area contributed by atoms with Crippen molar-refractivity contribution in [3.63, 3.8) is 0 Å². The quantitative estimate of drug-likeness (QED) is 0.786. The van der Waals surface area contributed by atoms with E-state index >= 15 is 0 Å². The summed E-state index contributed by atoms with van der Waals surface area (Å²) in [7, 11) is 0. The van der Waals surface area contributed by atoms with Crippen LogP contribution >= 0.6 is 12.4 Å². The number of halogens is 2. The minimum absolute atomic E-state index is 0. The summed E-state index contributed by atoms with van der Waals surface area (Å²) in [5, 5.41) is 14.4. The first-order chi connectivity index (χ1) is 11.6. The van der Waals surface area contributed by atoms with Crippen molar-refractivity contribution in [2.45, 2.75) is 64.8 Å². The van der Waals surface area contributed by atoms with Gasteiger partial charge in [-0.3, -0.25) is 9.29 Å². The minimum Gasteiger partial charge on any atom is -0.507 e. The molecule has 0 amide bonds. The van der Waals surface area contributed by atoms with E-state index in [0.717, 1.165) is 37.3 Å². The molecule has 0 spiro atoms. The molecule has 1 fully saturated rings. The van der Waals surface area contributed by atoms with Gasteiger partial charge >= 0.3 is 0 Å². The predicted molar refractivity (Wildman–Crippen MR) is 111 cm³/mol. The van der Waals surface area contributed by atoms with Crippen LogP contribution in [0.2, 0.25) is 0 Å². The highest BCUT2D eigenvalue weighted by atomic mass is 35.5. The van der Waals surface area contributed by atoms with E-state index in [2.05, 4.69) is 63.9 Å². The van der Waals surface area contributed by atoms with Crippen LogP contribution < -0.4 is 5.32 Å². The van der Waals surface area contributed by atoms with Crippen LogP contribution in [-0.2, 0) is 10.8 Å². The number of phenolic OH excluding ortho intramolecular Hbond substituents is 1. The summed E-state index contributed by atoms with van der Waals surface area (Å²) >= 11 is 0. The summed E-state index contributed by atoms with van der Waals surface area (Å²) in [5.74, 6) is 0.345. The number of nitrogens with one attached hydrogen (secondary N) is 1. The molecule has 0 aromatic heterocycles. The van der Waals surface area contributed by atoms with Crippen LogP contribution in [0.4, 0.5) is 4.39 Å². The van der Waals surface area contributed by atoms with Crippen molar-refractivity contribution in [3.8, 4) is 5.75 Å². The van der Waals surface area contributed by atoms with Crippen LogP contribution in [0.5, 0.6) is 5.75 Å². The van der Waals surface area contributed by atoms with Gasteiger partial charge in [-0.05, 0) is 34.4 Å². The fourth-order valence-corrected chi connectivity index (χ4v) is 3.55. The van der Waals surface area contributed by atoms with Crippen molar-refractivity contribution in [1.82, 2.24) is 10.2 Å². The Labute approximate surface area is 164 Å². The van der Waals surface area contributed by atoms with Crippen LogP contribution in [-0.4, -0.2) is 42.9 Å². The third kappa shape index (κ3) is 5.34. The van der Waals surface area contributed by atoms with E-state index in [4.69, 9.17) is 0 Å². The molecule has 1 heterocycles. The van der Waals surface area contributed by atoms with Crippen molar-refractivity contribution in [1.29, 1.82) is 0 Å². The van der Waals surface area contributed by atoms with E-state index in [9.17, 15) is 9.50 Å². The largest absolute Gasteiger partial charge is 0.507 e. The van der Waals surface area contributed by atoms with Crippen molar-refractivity contribution in [3.05, 3.63) is 28.8 Å². The third-order valence-electron chi connectivity index (χ3n) is 5.15. The summed E-state index contributed by atoms with van der Waals surface area (Å²) in [4.78, 5) is 2.31. The molecule has 2 rings (SSSR count). The Morgan fingerprint density at radius 2 is 1.65 bits per heavy atom. The van der Waals surface area contributed by atoms with Crippen LogP contribution in [0.15, 0.2) is 12.1 Å². The van der Waals surface area contributed by atoms with Gasteiger partial charge in [0, 0.05) is 37.8 Å². The number of benzene rings is 1. The van der Waals surface area contributed by atoms with E-state index in [1.807, 2.05) is 0 Å². The van der Waals surface area contributed by atoms with Gasteiger partial charge in [-0.25, -0.2) is 0 Å². The maximum absolute atomic E-state index is 13.4. The lowest BCUT2D eigenvalue weighted by Gasteiger charge is -2.37. The molecule has 1 aliphatic rings. The molecule has 2 N–H and O–H groups in total. The van der Waals surface area contributed by atoms with Gasteiger partial charge in [0.25, 0.3) is 0 Å². The minimum atomic E-state index is -0.376. The van der Waals surface area contributed by atoms with E-state index in [1.165, 1.54) is 5.56 Å². The fraction of sp³-hybridized carbons (Fsp3) is 0.714. The number of piperazine rings is 1. The van der Waals surface area contributed by atoms with Crippen LogP contribution in [0.25, 0.3) is 0 Å². The predicted octanol–water partition coefficient (Wildman–Crippen LogP) is 4.71. The Morgan fingerprint density at radius 1 is 1.08 bits per heavy atom. The van der Waals surface area contributed by atoms with E-state index in [-0.39, 0.29) is 36.0 Å². The van der Waals surface area contributed by atoms with Crippen molar-refractivity contribution in [2.24, 2.45) is 0 Å². The number of hydrogen-bond acceptors (Lipinski definition) is 3. The standard InChI is InChI=1S/C21H35FN2O.ClH/c1-20(2,3)15-13-16(19(25)17(14-15)21(4,5)6)18(7-8-22)24-11-9-23-10-12-24;/h13-14,18,23,25H,7-12H2,1-6H3;1H/t18-;/m0./s1. The van der Waals surface area contributed by atoms with E-state index in [0.29, 0.717) is 12.2 Å². The highest BCUT2D eigenvalue weighted by Gasteiger charge is 2.30. The van der Waals surface area contributed by atoms with Crippen molar-refractivity contribution >= 4 is 12.4 Å².